The molecule has 12 heavy (non-hydrogen) atoms. The second-order valence-corrected chi connectivity index (χ2v) is 3.32. The number of nitrogens with zero attached hydrogens (tertiary/aromatic N) is 2. The Morgan fingerprint density at radius 2 is 2.58 bits per heavy atom. The molecule has 1 aliphatic heterocycles. The third-order valence-corrected chi connectivity index (χ3v) is 2.18. The zero-order valence-electron chi connectivity index (χ0n) is 6.59. The van der Waals surface area contributed by atoms with Crippen LogP contribution in [0.3, 0.4) is 0 Å². The number of halogens is 1. The smallest absolute Gasteiger partial charge is 0.242 e. The molecular weight excluding hydrogens is 178 g/mol. The molecule has 1 fully saturated rings. The molecule has 1 saturated heterocycles. The lowest BCUT2D eigenvalue weighted by Crippen LogP contribution is -2.04. The Hall–Kier alpha value is -0.610. The lowest BCUT2D eigenvalue weighted by Gasteiger charge is -2.01. The highest BCUT2D eigenvalue weighted by Gasteiger charge is 2.17. The fourth-order valence-corrected chi connectivity index (χ4v) is 1.53. The molecule has 0 bridgehead atoms. The van der Waals surface area contributed by atoms with Gasteiger partial charge in [-0.25, -0.2) is 4.98 Å². The molecule has 1 aromatic rings. The molecular formula is C7H10ClN3O. The van der Waals surface area contributed by atoms with Gasteiger partial charge in [0.2, 0.25) is 5.28 Å². The van der Waals surface area contributed by atoms with Crippen LogP contribution in [0.5, 0.6) is 0 Å². The standard InChI is InChI=1S/C7H10ClN3O/c8-7-9-6(10-11-7)3-5-1-2-12-4-5/h5H,1-4H2,(H,9,10,11). The largest absolute Gasteiger partial charge is 0.381 e. The zero-order chi connectivity index (χ0) is 8.39. The number of hydrogen-bond acceptors (Lipinski definition) is 3. The van der Waals surface area contributed by atoms with E-state index in [1.54, 1.807) is 0 Å². The zero-order valence-corrected chi connectivity index (χ0v) is 7.34. The van der Waals surface area contributed by atoms with E-state index in [2.05, 4.69) is 15.2 Å². The summed E-state index contributed by atoms with van der Waals surface area (Å²) < 4.78 is 5.24. The summed E-state index contributed by atoms with van der Waals surface area (Å²) in [5.74, 6) is 1.43. The molecule has 0 amide bonds. The molecule has 66 valence electrons. The summed E-state index contributed by atoms with van der Waals surface area (Å²) in [6.07, 6.45) is 2.00. The highest BCUT2D eigenvalue weighted by atomic mass is 35.5. The summed E-state index contributed by atoms with van der Waals surface area (Å²) in [6, 6.07) is 0. The van der Waals surface area contributed by atoms with Crippen molar-refractivity contribution in [3.05, 3.63) is 11.1 Å². The first-order valence-corrected chi connectivity index (χ1v) is 4.37. The third kappa shape index (κ3) is 1.76. The predicted octanol–water partition coefficient (Wildman–Crippen LogP) is 1.04. The Morgan fingerprint density at radius 1 is 1.67 bits per heavy atom. The Kier molecular flexibility index (Phi) is 2.28. The molecule has 0 aliphatic carbocycles. The van der Waals surface area contributed by atoms with E-state index in [-0.39, 0.29) is 0 Å². The van der Waals surface area contributed by atoms with Crippen molar-refractivity contribution in [1.82, 2.24) is 15.2 Å². The molecule has 2 heterocycles. The molecule has 5 heteroatoms. The maximum absolute atomic E-state index is 5.56. The van der Waals surface area contributed by atoms with Gasteiger partial charge in [0.25, 0.3) is 0 Å². The van der Waals surface area contributed by atoms with Crippen molar-refractivity contribution in [1.29, 1.82) is 0 Å². The van der Waals surface area contributed by atoms with Crippen LogP contribution in [-0.2, 0) is 11.2 Å². The van der Waals surface area contributed by atoms with Gasteiger partial charge in [0.15, 0.2) is 0 Å². The van der Waals surface area contributed by atoms with Gasteiger partial charge in [-0.05, 0) is 23.9 Å². The Bertz CT molecular complexity index is 257. The van der Waals surface area contributed by atoms with Crippen LogP contribution >= 0.6 is 11.6 Å². The Labute approximate surface area is 75.3 Å². The number of H-pyrrole nitrogens is 1. The van der Waals surface area contributed by atoms with E-state index in [9.17, 15) is 0 Å². The quantitative estimate of drug-likeness (QED) is 0.753. The first-order chi connectivity index (χ1) is 5.84. The summed E-state index contributed by atoms with van der Waals surface area (Å²) >= 11 is 5.56. The normalized spacial score (nSPS) is 23.2. The second kappa shape index (κ2) is 3.41. The Morgan fingerprint density at radius 3 is 3.17 bits per heavy atom. The van der Waals surface area contributed by atoms with E-state index in [1.165, 1.54) is 0 Å². The maximum atomic E-state index is 5.56. The van der Waals surface area contributed by atoms with Crippen LogP contribution in [0, 0.1) is 5.92 Å². The average Bonchev–Trinajstić information content (AvgIpc) is 2.63. The SMILES string of the molecule is Clc1n[nH]c(CC2CCOC2)n1. The highest BCUT2D eigenvalue weighted by Crippen LogP contribution is 2.16. The van der Waals surface area contributed by atoms with E-state index in [0.717, 1.165) is 31.9 Å². The molecule has 0 radical (unpaired) electrons. The minimum atomic E-state index is 0.295. The van der Waals surface area contributed by atoms with E-state index in [4.69, 9.17) is 16.3 Å². The minimum absolute atomic E-state index is 0.295. The molecule has 1 aromatic heterocycles. The van der Waals surface area contributed by atoms with Gasteiger partial charge in [-0.15, -0.1) is 5.10 Å². The van der Waals surface area contributed by atoms with Crippen LogP contribution in [0.15, 0.2) is 0 Å². The van der Waals surface area contributed by atoms with Crippen molar-refractivity contribution in [2.75, 3.05) is 13.2 Å². The van der Waals surface area contributed by atoms with Crippen molar-refractivity contribution in [2.24, 2.45) is 5.92 Å². The second-order valence-electron chi connectivity index (χ2n) is 2.98. The molecule has 0 aromatic carbocycles. The van der Waals surface area contributed by atoms with Gasteiger partial charge in [-0.3, -0.25) is 5.10 Å². The van der Waals surface area contributed by atoms with E-state index in [1.807, 2.05) is 0 Å². The number of nitrogens with one attached hydrogen (secondary N) is 1. The fraction of sp³-hybridized carbons (Fsp3) is 0.714. The van der Waals surface area contributed by atoms with Crippen molar-refractivity contribution in [3.8, 4) is 0 Å². The van der Waals surface area contributed by atoms with Crippen molar-refractivity contribution >= 4 is 11.6 Å². The molecule has 1 N–H and O–H groups in total. The number of hydrogen-bond donors (Lipinski definition) is 1. The molecule has 1 unspecified atom stereocenters. The number of aromatic nitrogens is 3. The van der Waals surface area contributed by atoms with Crippen LogP contribution in [-0.4, -0.2) is 28.4 Å². The summed E-state index contributed by atoms with van der Waals surface area (Å²) in [4.78, 5) is 4.02. The molecule has 0 spiro atoms. The van der Waals surface area contributed by atoms with Crippen LogP contribution in [0.2, 0.25) is 5.28 Å². The van der Waals surface area contributed by atoms with Gasteiger partial charge >= 0.3 is 0 Å². The summed E-state index contributed by atoms with van der Waals surface area (Å²) in [5.41, 5.74) is 0. The number of rotatable bonds is 2. The maximum Gasteiger partial charge on any atom is 0.242 e. The van der Waals surface area contributed by atoms with Crippen molar-refractivity contribution in [3.63, 3.8) is 0 Å². The fourth-order valence-electron chi connectivity index (χ4n) is 1.38. The van der Waals surface area contributed by atoms with Crippen LogP contribution in [0.4, 0.5) is 0 Å². The van der Waals surface area contributed by atoms with Crippen LogP contribution < -0.4 is 0 Å². The molecule has 2 rings (SSSR count). The van der Waals surface area contributed by atoms with Gasteiger partial charge in [0.1, 0.15) is 5.82 Å². The average molecular weight is 188 g/mol. The highest BCUT2D eigenvalue weighted by molar-refractivity contribution is 6.28. The molecule has 0 saturated carbocycles. The first-order valence-electron chi connectivity index (χ1n) is 3.99. The van der Waals surface area contributed by atoms with E-state index < -0.39 is 0 Å². The minimum Gasteiger partial charge on any atom is -0.381 e. The van der Waals surface area contributed by atoms with E-state index >= 15 is 0 Å². The van der Waals surface area contributed by atoms with E-state index in [0.29, 0.717) is 11.2 Å². The first kappa shape index (κ1) is 8.01. The van der Waals surface area contributed by atoms with Crippen molar-refractivity contribution < 1.29 is 4.74 Å². The molecule has 1 atom stereocenters. The van der Waals surface area contributed by atoms with Crippen LogP contribution in [0.1, 0.15) is 12.2 Å². The number of aromatic amines is 1. The third-order valence-electron chi connectivity index (χ3n) is 2.01. The lowest BCUT2D eigenvalue weighted by atomic mass is 10.1. The molecule has 4 nitrogen and oxygen atoms in total. The Balaban J connectivity index is 1.94. The van der Waals surface area contributed by atoms with Crippen LogP contribution in [0.25, 0.3) is 0 Å². The van der Waals surface area contributed by atoms with Gasteiger partial charge in [0.05, 0.1) is 0 Å². The predicted molar refractivity (Wildman–Crippen MR) is 44.0 cm³/mol. The summed E-state index contributed by atoms with van der Waals surface area (Å²) in [6.45, 7) is 1.70. The van der Waals surface area contributed by atoms with Gasteiger partial charge in [0, 0.05) is 19.6 Å². The summed E-state index contributed by atoms with van der Waals surface area (Å²) in [7, 11) is 0. The van der Waals surface area contributed by atoms with Gasteiger partial charge in [-0.1, -0.05) is 0 Å². The number of ether oxygens (including phenoxy) is 1. The van der Waals surface area contributed by atoms with Gasteiger partial charge < -0.3 is 4.74 Å². The summed E-state index contributed by atoms with van der Waals surface area (Å²) in [5, 5.41) is 6.83. The monoisotopic (exact) mass is 187 g/mol. The van der Waals surface area contributed by atoms with Gasteiger partial charge in [-0.2, -0.15) is 0 Å². The lowest BCUT2D eigenvalue weighted by molar-refractivity contribution is 0.185. The molecule has 1 aliphatic rings. The van der Waals surface area contributed by atoms with Crippen molar-refractivity contribution in [2.45, 2.75) is 12.8 Å². The topological polar surface area (TPSA) is 50.8 Å².